The van der Waals surface area contributed by atoms with Crippen LogP contribution in [0, 0.1) is 17.5 Å². The zero-order valence-corrected chi connectivity index (χ0v) is 18.0. The van der Waals surface area contributed by atoms with Crippen molar-refractivity contribution < 1.29 is 27.5 Å². The van der Waals surface area contributed by atoms with Crippen molar-refractivity contribution in [2.45, 2.75) is 31.8 Å². The summed E-state index contributed by atoms with van der Waals surface area (Å²) in [5, 5.41) is 0. The average molecular weight is 449 g/mol. The van der Waals surface area contributed by atoms with E-state index in [4.69, 9.17) is 10.5 Å². The average Bonchev–Trinajstić information content (AvgIpc) is 2.76. The van der Waals surface area contributed by atoms with Gasteiger partial charge in [-0.3, -0.25) is 9.59 Å². The molecule has 3 rings (SSSR count). The number of carbonyl (C=O) groups is 2. The van der Waals surface area contributed by atoms with Crippen LogP contribution >= 0.6 is 0 Å². The SMILES string of the molecule is COc1ccccc1C(=O)N1CCN(C(=O)C[C@H](N)Cc2cc(F)c(F)cc2F)C[C@@H]1C. The van der Waals surface area contributed by atoms with E-state index in [1.165, 1.54) is 7.11 Å². The maximum atomic E-state index is 13.8. The van der Waals surface area contributed by atoms with Crippen molar-refractivity contribution in [2.75, 3.05) is 26.7 Å². The van der Waals surface area contributed by atoms with Crippen LogP contribution in [0.4, 0.5) is 13.2 Å². The van der Waals surface area contributed by atoms with E-state index >= 15 is 0 Å². The predicted molar refractivity (Wildman–Crippen MR) is 113 cm³/mol. The number of halogens is 3. The molecule has 2 N–H and O–H groups in total. The molecule has 0 bridgehead atoms. The van der Waals surface area contributed by atoms with Gasteiger partial charge in [0.05, 0.1) is 12.7 Å². The van der Waals surface area contributed by atoms with Gasteiger partial charge in [-0.25, -0.2) is 13.2 Å². The molecule has 32 heavy (non-hydrogen) atoms. The van der Waals surface area contributed by atoms with Crippen LogP contribution in [-0.4, -0.2) is 60.4 Å². The number of amides is 2. The Morgan fingerprint density at radius 1 is 1.12 bits per heavy atom. The Morgan fingerprint density at radius 3 is 2.50 bits per heavy atom. The van der Waals surface area contributed by atoms with Gasteiger partial charge in [0, 0.05) is 44.2 Å². The monoisotopic (exact) mass is 449 g/mol. The molecule has 2 atom stereocenters. The highest BCUT2D eigenvalue weighted by Gasteiger charge is 2.31. The normalized spacial score (nSPS) is 17.2. The van der Waals surface area contributed by atoms with Gasteiger partial charge in [0.1, 0.15) is 11.6 Å². The smallest absolute Gasteiger partial charge is 0.257 e. The Kier molecular flexibility index (Phi) is 7.40. The van der Waals surface area contributed by atoms with E-state index < -0.39 is 23.5 Å². The quantitative estimate of drug-likeness (QED) is 0.689. The summed E-state index contributed by atoms with van der Waals surface area (Å²) in [6.45, 7) is 2.85. The van der Waals surface area contributed by atoms with Crippen molar-refractivity contribution in [1.29, 1.82) is 0 Å². The van der Waals surface area contributed by atoms with Crippen LogP contribution < -0.4 is 10.5 Å². The lowest BCUT2D eigenvalue weighted by Gasteiger charge is -2.40. The number of hydrogen-bond donors (Lipinski definition) is 1. The van der Waals surface area contributed by atoms with E-state index in [1.807, 2.05) is 6.92 Å². The van der Waals surface area contributed by atoms with Gasteiger partial charge in [0.15, 0.2) is 11.6 Å². The van der Waals surface area contributed by atoms with Gasteiger partial charge in [-0.1, -0.05) is 12.1 Å². The fourth-order valence-corrected chi connectivity index (χ4v) is 3.89. The highest BCUT2D eigenvalue weighted by Crippen LogP contribution is 2.22. The molecule has 1 fully saturated rings. The molecule has 2 aromatic carbocycles. The van der Waals surface area contributed by atoms with E-state index in [0.29, 0.717) is 37.0 Å². The van der Waals surface area contributed by atoms with Crippen molar-refractivity contribution in [1.82, 2.24) is 9.80 Å². The minimum absolute atomic E-state index is 0.0778. The third kappa shape index (κ3) is 5.21. The van der Waals surface area contributed by atoms with Crippen LogP contribution in [0.2, 0.25) is 0 Å². The lowest BCUT2D eigenvalue weighted by Crippen LogP contribution is -2.56. The van der Waals surface area contributed by atoms with E-state index in [0.717, 1.165) is 6.07 Å². The molecule has 0 aliphatic carbocycles. The standard InChI is InChI=1S/C23H26F3N3O3/c1-14-13-28(7-8-29(14)23(31)17-5-3-4-6-21(17)32-2)22(30)11-16(27)9-15-10-19(25)20(26)12-18(15)24/h3-6,10,12,14,16H,7-9,11,13,27H2,1-2H3/t14-,16+/m0/s1. The molecular weight excluding hydrogens is 423 g/mol. The summed E-state index contributed by atoms with van der Waals surface area (Å²) in [4.78, 5) is 29.0. The largest absolute Gasteiger partial charge is 0.496 e. The first kappa shape index (κ1) is 23.6. The number of nitrogens with two attached hydrogens (primary N) is 1. The van der Waals surface area contributed by atoms with Crippen LogP contribution in [-0.2, 0) is 11.2 Å². The van der Waals surface area contributed by atoms with Crippen molar-refractivity contribution >= 4 is 11.8 Å². The third-order valence-electron chi connectivity index (χ3n) is 5.59. The van der Waals surface area contributed by atoms with Gasteiger partial charge in [0.25, 0.3) is 5.91 Å². The number of piperazine rings is 1. The fourth-order valence-electron chi connectivity index (χ4n) is 3.89. The number of para-hydroxylation sites is 1. The number of benzene rings is 2. The number of methoxy groups -OCH3 is 1. The van der Waals surface area contributed by atoms with Crippen LogP contribution in [0.5, 0.6) is 5.75 Å². The van der Waals surface area contributed by atoms with E-state index in [2.05, 4.69) is 0 Å². The molecule has 6 nitrogen and oxygen atoms in total. The number of rotatable bonds is 6. The van der Waals surface area contributed by atoms with Gasteiger partial charge in [0.2, 0.25) is 5.91 Å². The predicted octanol–water partition coefficient (Wildman–Crippen LogP) is 2.75. The maximum absolute atomic E-state index is 13.8. The number of nitrogens with zero attached hydrogens (tertiary/aromatic N) is 2. The molecule has 9 heteroatoms. The van der Waals surface area contributed by atoms with Gasteiger partial charge in [-0.15, -0.1) is 0 Å². The third-order valence-corrected chi connectivity index (χ3v) is 5.59. The van der Waals surface area contributed by atoms with Crippen LogP contribution in [0.3, 0.4) is 0 Å². The summed E-state index contributed by atoms with van der Waals surface area (Å²) in [6, 6.07) is 7.20. The second kappa shape index (κ2) is 10.0. The van der Waals surface area contributed by atoms with Crippen LogP contribution in [0.25, 0.3) is 0 Å². The molecule has 1 aliphatic heterocycles. The van der Waals surface area contributed by atoms with Gasteiger partial charge >= 0.3 is 0 Å². The topological polar surface area (TPSA) is 75.9 Å². The van der Waals surface area contributed by atoms with Gasteiger partial charge in [-0.2, -0.15) is 0 Å². The number of ether oxygens (including phenoxy) is 1. The van der Waals surface area contributed by atoms with Crippen molar-refractivity contribution in [3.63, 3.8) is 0 Å². The molecule has 0 saturated carbocycles. The maximum Gasteiger partial charge on any atom is 0.257 e. The lowest BCUT2D eigenvalue weighted by molar-refractivity contribution is -0.134. The van der Waals surface area contributed by atoms with Gasteiger partial charge in [-0.05, 0) is 37.1 Å². The first-order chi connectivity index (χ1) is 15.2. The second-order valence-corrected chi connectivity index (χ2v) is 7.91. The van der Waals surface area contributed by atoms with Crippen LogP contribution in [0.1, 0.15) is 29.3 Å². The zero-order chi connectivity index (χ0) is 23.4. The molecule has 0 spiro atoms. The van der Waals surface area contributed by atoms with Crippen molar-refractivity contribution in [3.05, 3.63) is 65.0 Å². The summed E-state index contributed by atoms with van der Waals surface area (Å²) in [5.41, 5.74) is 6.36. The zero-order valence-electron chi connectivity index (χ0n) is 18.0. The fraction of sp³-hybridized carbons (Fsp3) is 0.391. The van der Waals surface area contributed by atoms with Crippen LogP contribution in [0.15, 0.2) is 36.4 Å². The highest BCUT2D eigenvalue weighted by atomic mass is 19.2. The molecule has 172 valence electrons. The molecule has 2 amide bonds. The van der Waals surface area contributed by atoms with E-state index in [-0.39, 0.29) is 36.3 Å². The minimum atomic E-state index is -1.27. The van der Waals surface area contributed by atoms with E-state index in [1.54, 1.807) is 34.1 Å². The molecule has 0 radical (unpaired) electrons. The molecule has 1 saturated heterocycles. The summed E-state index contributed by atoms with van der Waals surface area (Å²) >= 11 is 0. The Labute approximate surface area is 184 Å². The summed E-state index contributed by atoms with van der Waals surface area (Å²) in [6.07, 6.45) is -0.178. The molecule has 2 aromatic rings. The van der Waals surface area contributed by atoms with Gasteiger partial charge < -0.3 is 20.3 Å². The summed E-state index contributed by atoms with van der Waals surface area (Å²) < 4.78 is 45.6. The second-order valence-electron chi connectivity index (χ2n) is 7.91. The molecule has 1 heterocycles. The van der Waals surface area contributed by atoms with Crippen molar-refractivity contribution in [2.24, 2.45) is 5.73 Å². The molecule has 1 aliphatic rings. The minimum Gasteiger partial charge on any atom is -0.496 e. The molecule has 0 unspecified atom stereocenters. The highest BCUT2D eigenvalue weighted by molar-refractivity contribution is 5.97. The molecular formula is C23H26F3N3O3. The first-order valence-electron chi connectivity index (χ1n) is 10.3. The van der Waals surface area contributed by atoms with Crippen molar-refractivity contribution in [3.8, 4) is 5.75 Å². The molecule has 0 aromatic heterocycles. The van der Waals surface area contributed by atoms with E-state index in [9.17, 15) is 22.8 Å². The Morgan fingerprint density at radius 2 is 1.81 bits per heavy atom. The first-order valence-corrected chi connectivity index (χ1v) is 10.3. The summed E-state index contributed by atoms with van der Waals surface area (Å²) in [7, 11) is 1.50. The Hall–Kier alpha value is -3.07. The Balaban J connectivity index is 1.58. The number of carbonyl (C=O) groups excluding carboxylic acids is 2. The Bertz CT molecular complexity index is 1000. The summed E-state index contributed by atoms with van der Waals surface area (Å²) in [5.74, 6) is -3.26. The number of hydrogen-bond acceptors (Lipinski definition) is 4. The lowest BCUT2D eigenvalue weighted by atomic mass is 10.0.